The number of thiazole rings is 1. The van der Waals surface area contributed by atoms with E-state index in [1.165, 1.54) is 30.2 Å². The summed E-state index contributed by atoms with van der Waals surface area (Å²) in [5, 5.41) is 10.4. The van der Waals surface area contributed by atoms with Crippen molar-refractivity contribution < 1.29 is 23.8 Å². The van der Waals surface area contributed by atoms with Crippen LogP contribution in [0.25, 0.3) is 0 Å². The van der Waals surface area contributed by atoms with Gasteiger partial charge in [-0.2, -0.15) is 0 Å². The van der Waals surface area contributed by atoms with Crippen LogP contribution in [0.1, 0.15) is 27.6 Å². The second kappa shape index (κ2) is 6.77. The second-order valence-corrected chi connectivity index (χ2v) is 6.26. The lowest BCUT2D eigenvalue weighted by molar-refractivity contribution is -0.136. The quantitative estimate of drug-likeness (QED) is 0.644. The number of hydrogen-bond donors (Lipinski definition) is 1. The number of carbonyl (C=O) groups is 2. The van der Waals surface area contributed by atoms with E-state index in [0.717, 1.165) is 9.90 Å². The standard InChI is InChI=1S/C13H13NO5S2/c1-7-3-9(19-11(7)12(17)18-2)6-21-13-14-8(5-20-13)4-10(15)16/h3,5H,4,6H2,1-2H3,(H,15,16). The Bertz CT molecular complexity index is 661. The molecule has 0 spiro atoms. The predicted octanol–water partition coefficient (Wildman–Crippen LogP) is 2.75. The third-order valence-electron chi connectivity index (χ3n) is 2.54. The Morgan fingerprint density at radius 3 is 2.95 bits per heavy atom. The smallest absolute Gasteiger partial charge is 0.374 e. The summed E-state index contributed by atoms with van der Waals surface area (Å²) in [6, 6.07) is 1.78. The van der Waals surface area contributed by atoms with E-state index in [1.54, 1.807) is 18.4 Å². The van der Waals surface area contributed by atoms with Gasteiger partial charge in [0.15, 0.2) is 4.34 Å². The van der Waals surface area contributed by atoms with Crippen LogP contribution >= 0.6 is 23.1 Å². The lowest BCUT2D eigenvalue weighted by Gasteiger charge is -1.96. The fraction of sp³-hybridized carbons (Fsp3) is 0.308. The van der Waals surface area contributed by atoms with Gasteiger partial charge in [0, 0.05) is 10.9 Å². The topological polar surface area (TPSA) is 89.6 Å². The van der Waals surface area contributed by atoms with E-state index >= 15 is 0 Å². The molecule has 0 atom stereocenters. The van der Waals surface area contributed by atoms with Gasteiger partial charge in [-0.15, -0.1) is 11.3 Å². The average molecular weight is 327 g/mol. The lowest BCUT2D eigenvalue weighted by Crippen LogP contribution is -2.00. The molecule has 1 N–H and O–H groups in total. The summed E-state index contributed by atoms with van der Waals surface area (Å²) in [5.74, 6) is -0.0348. The van der Waals surface area contributed by atoms with Gasteiger partial charge in [-0.1, -0.05) is 11.8 Å². The maximum Gasteiger partial charge on any atom is 0.374 e. The summed E-state index contributed by atoms with van der Waals surface area (Å²) >= 11 is 2.82. The SMILES string of the molecule is COC(=O)c1oc(CSc2nc(CC(=O)O)cs2)cc1C. The largest absolute Gasteiger partial charge is 0.481 e. The highest BCUT2D eigenvalue weighted by molar-refractivity contribution is 8.00. The predicted molar refractivity (Wildman–Crippen MR) is 77.8 cm³/mol. The van der Waals surface area contributed by atoms with Gasteiger partial charge >= 0.3 is 11.9 Å². The molecule has 8 heteroatoms. The zero-order valence-electron chi connectivity index (χ0n) is 11.4. The number of thioether (sulfide) groups is 1. The first kappa shape index (κ1) is 15.6. The van der Waals surface area contributed by atoms with E-state index in [2.05, 4.69) is 9.72 Å². The van der Waals surface area contributed by atoms with Gasteiger partial charge in [-0.25, -0.2) is 9.78 Å². The van der Waals surface area contributed by atoms with Crippen LogP contribution < -0.4 is 0 Å². The Balaban J connectivity index is 1.98. The van der Waals surface area contributed by atoms with Crippen molar-refractivity contribution in [3.05, 3.63) is 34.2 Å². The minimum absolute atomic E-state index is 0.0800. The van der Waals surface area contributed by atoms with Gasteiger partial charge in [0.2, 0.25) is 5.76 Å². The van der Waals surface area contributed by atoms with Crippen LogP contribution in [0.5, 0.6) is 0 Å². The molecule has 6 nitrogen and oxygen atoms in total. The number of furan rings is 1. The molecule has 2 rings (SSSR count). The van der Waals surface area contributed by atoms with E-state index in [4.69, 9.17) is 9.52 Å². The van der Waals surface area contributed by atoms with Gasteiger partial charge in [-0.05, 0) is 13.0 Å². The van der Waals surface area contributed by atoms with Crippen molar-refractivity contribution in [1.29, 1.82) is 0 Å². The number of aromatic nitrogens is 1. The van der Waals surface area contributed by atoms with E-state index in [1.807, 2.05) is 0 Å². The first-order valence-corrected chi connectivity index (χ1v) is 7.82. The number of rotatable bonds is 6. The Morgan fingerprint density at radius 2 is 2.29 bits per heavy atom. The number of nitrogens with zero attached hydrogens (tertiary/aromatic N) is 1. The molecule has 0 fully saturated rings. The minimum Gasteiger partial charge on any atom is -0.481 e. The monoisotopic (exact) mass is 327 g/mol. The molecule has 0 bridgehead atoms. The van der Waals surface area contributed by atoms with E-state index in [0.29, 0.717) is 17.2 Å². The van der Waals surface area contributed by atoms with Crippen molar-refractivity contribution >= 4 is 35.0 Å². The van der Waals surface area contributed by atoms with Gasteiger partial charge in [-0.3, -0.25) is 4.79 Å². The van der Waals surface area contributed by atoms with E-state index < -0.39 is 11.9 Å². The Kier molecular flexibility index (Phi) is 5.03. The van der Waals surface area contributed by atoms with Crippen LogP contribution in [-0.2, 0) is 21.7 Å². The highest BCUT2D eigenvalue weighted by atomic mass is 32.2. The number of aliphatic carboxylic acids is 1. The molecule has 0 saturated heterocycles. The molecule has 0 aliphatic heterocycles. The highest BCUT2D eigenvalue weighted by Crippen LogP contribution is 2.28. The summed E-state index contributed by atoms with van der Waals surface area (Å²) in [6.07, 6.45) is -0.0800. The van der Waals surface area contributed by atoms with Crippen molar-refractivity contribution in [2.24, 2.45) is 0 Å². The maximum absolute atomic E-state index is 11.4. The van der Waals surface area contributed by atoms with Crippen molar-refractivity contribution in [3.63, 3.8) is 0 Å². The molecule has 0 aliphatic rings. The van der Waals surface area contributed by atoms with Crippen molar-refractivity contribution in [3.8, 4) is 0 Å². The number of aryl methyl sites for hydroxylation is 1. The van der Waals surface area contributed by atoms with Crippen LogP contribution in [0.4, 0.5) is 0 Å². The van der Waals surface area contributed by atoms with Gasteiger partial charge in [0.25, 0.3) is 0 Å². The van der Waals surface area contributed by atoms with Crippen molar-refractivity contribution in [1.82, 2.24) is 4.98 Å². The van der Waals surface area contributed by atoms with Crippen LogP contribution in [0.2, 0.25) is 0 Å². The van der Waals surface area contributed by atoms with Crippen molar-refractivity contribution in [2.75, 3.05) is 7.11 Å². The molecule has 0 aromatic carbocycles. The second-order valence-electron chi connectivity index (χ2n) is 4.18. The van der Waals surface area contributed by atoms with E-state index in [-0.39, 0.29) is 12.2 Å². The maximum atomic E-state index is 11.4. The number of methoxy groups -OCH3 is 1. The Hall–Kier alpha value is -1.80. The van der Waals surface area contributed by atoms with Gasteiger partial charge in [0.05, 0.1) is 25.0 Å². The molecule has 0 saturated carbocycles. The summed E-state index contributed by atoms with van der Waals surface area (Å²) in [6.45, 7) is 1.78. The normalized spacial score (nSPS) is 10.6. The van der Waals surface area contributed by atoms with Crippen LogP contribution in [0, 0.1) is 6.92 Å². The molecule has 0 amide bonds. The van der Waals surface area contributed by atoms with E-state index in [9.17, 15) is 9.59 Å². The summed E-state index contributed by atoms with van der Waals surface area (Å²) < 4.78 is 10.8. The third-order valence-corrected chi connectivity index (χ3v) is 4.63. The fourth-order valence-electron chi connectivity index (χ4n) is 1.64. The number of ether oxygens (including phenoxy) is 1. The zero-order chi connectivity index (χ0) is 15.4. The Morgan fingerprint density at radius 1 is 1.52 bits per heavy atom. The average Bonchev–Trinajstić information content (AvgIpc) is 3.01. The molecular weight excluding hydrogens is 314 g/mol. The van der Waals surface area contributed by atoms with Crippen LogP contribution in [-0.4, -0.2) is 29.1 Å². The highest BCUT2D eigenvalue weighted by Gasteiger charge is 2.16. The Labute approximate surface area is 129 Å². The van der Waals surface area contributed by atoms with Crippen LogP contribution in [0.15, 0.2) is 20.2 Å². The molecule has 2 heterocycles. The molecule has 0 aliphatic carbocycles. The molecule has 21 heavy (non-hydrogen) atoms. The number of carboxylic acid groups (broad SMARTS) is 1. The lowest BCUT2D eigenvalue weighted by atomic mass is 10.3. The third kappa shape index (κ3) is 4.08. The first-order chi connectivity index (χ1) is 9.99. The number of hydrogen-bond acceptors (Lipinski definition) is 7. The van der Waals surface area contributed by atoms with Gasteiger partial charge in [0.1, 0.15) is 5.76 Å². The van der Waals surface area contributed by atoms with Gasteiger partial charge < -0.3 is 14.3 Å². The molecule has 2 aromatic heterocycles. The number of esters is 1. The molecule has 0 radical (unpaired) electrons. The minimum atomic E-state index is -0.902. The number of carbonyl (C=O) groups excluding carboxylic acids is 1. The molecular formula is C13H13NO5S2. The first-order valence-electron chi connectivity index (χ1n) is 5.96. The summed E-state index contributed by atoms with van der Waals surface area (Å²) in [7, 11) is 1.30. The molecule has 2 aromatic rings. The summed E-state index contributed by atoms with van der Waals surface area (Å²) in [5.41, 5.74) is 1.27. The molecule has 0 unspecified atom stereocenters. The fourth-order valence-corrected chi connectivity index (χ4v) is 3.36. The molecule has 112 valence electrons. The zero-order valence-corrected chi connectivity index (χ0v) is 13.0. The summed E-state index contributed by atoms with van der Waals surface area (Å²) in [4.78, 5) is 26.2. The van der Waals surface area contributed by atoms with Crippen molar-refractivity contribution in [2.45, 2.75) is 23.4 Å². The number of carboxylic acids is 1. The van der Waals surface area contributed by atoms with Crippen LogP contribution in [0.3, 0.4) is 0 Å².